The summed E-state index contributed by atoms with van der Waals surface area (Å²) >= 11 is 0. The fourth-order valence-corrected chi connectivity index (χ4v) is 4.82. The number of carbonyl (C=O) groups is 1. The number of aryl methyl sites for hydroxylation is 1. The minimum atomic E-state index is -3.74. The van der Waals surface area contributed by atoms with Gasteiger partial charge in [0.25, 0.3) is 5.91 Å². The molecule has 30 heavy (non-hydrogen) atoms. The van der Waals surface area contributed by atoms with E-state index in [2.05, 4.69) is 15.1 Å². The molecule has 0 aliphatic heterocycles. The van der Waals surface area contributed by atoms with Gasteiger partial charge >= 0.3 is 0 Å². The molecule has 8 heteroatoms. The maximum atomic E-state index is 12.8. The Morgan fingerprint density at radius 2 is 1.97 bits per heavy atom. The van der Waals surface area contributed by atoms with Gasteiger partial charge in [0.05, 0.1) is 17.1 Å². The summed E-state index contributed by atoms with van der Waals surface area (Å²) in [6, 6.07) is 15.3. The number of amides is 1. The lowest BCUT2D eigenvalue weighted by atomic mass is 9.93. The predicted octanol–water partition coefficient (Wildman–Crippen LogP) is 2.71. The molecule has 1 unspecified atom stereocenters. The zero-order valence-electron chi connectivity index (χ0n) is 16.7. The average Bonchev–Trinajstić information content (AvgIpc) is 3.15. The van der Waals surface area contributed by atoms with Gasteiger partial charge in [-0.2, -0.15) is 5.10 Å². The van der Waals surface area contributed by atoms with Crippen LogP contribution in [0.3, 0.4) is 0 Å². The van der Waals surface area contributed by atoms with Gasteiger partial charge in [0.1, 0.15) is 0 Å². The number of fused-ring (bicyclic) bond motifs is 1. The van der Waals surface area contributed by atoms with Crippen LogP contribution in [-0.2, 0) is 30.0 Å². The highest BCUT2D eigenvalue weighted by Crippen LogP contribution is 2.29. The molecule has 1 aliphatic carbocycles. The molecular weight excluding hydrogens is 400 g/mol. The molecule has 0 saturated heterocycles. The SMILES string of the molecule is Cn1ncc2c1CCCC2NC(=O)c1cccc(S(=O)(=O)NCc2ccccc2)c1. The topological polar surface area (TPSA) is 93.1 Å². The van der Waals surface area contributed by atoms with Crippen molar-refractivity contribution < 1.29 is 13.2 Å². The molecule has 1 aromatic heterocycles. The Labute approximate surface area is 176 Å². The molecule has 156 valence electrons. The second kappa shape index (κ2) is 8.41. The van der Waals surface area contributed by atoms with Crippen molar-refractivity contribution in [1.29, 1.82) is 0 Å². The van der Waals surface area contributed by atoms with Crippen molar-refractivity contribution in [3.63, 3.8) is 0 Å². The molecule has 0 spiro atoms. The monoisotopic (exact) mass is 424 g/mol. The summed E-state index contributed by atoms with van der Waals surface area (Å²) in [5, 5.41) is 7.33. The van der Waals surface area contributed by atoms with E-state index in [1.165, 1.54) is 12.1 Å². The van der Waals surface area contributed by atoms with Crippen molar-refractivity contribution in [3.8, 4) is 0 Å². The summed E-state index contributed by atoms with van der Waals surface area (Å²) < 4.78 is 29.8. The number of hydrogen-bond acceptors (Lipinski definition) is 4. The fraction of sp³-hybridized carbons (Fsp3) is 0.273. The summed E-state index contributed by atoms with van der Waals surface area (Å²) in [6.07, 6.45) is 4.54. The van der Waals surface area contributed by atoms with Crippen LogP contribution in [0.2, 0.25) is 0 Å². The molecule has 7 nitrogen and oxygen atoms in total. The summed E-state index contributed by atoms with van der Waals surface area (Å²) in [4.78, 5) is 12.9. The molecular formula is C22H24N4O3S. The van der Waals surface area contributed by atoms with Gasteiger partial charge in [-0.3, -0.25) is 9.48 Å². The van der Waals surface area contributed by atoms with Gasteiger partial charge < -0.3 is 5.32 Å². The Morgan fingerprint density at radius 3 is 2.77 bits per heavy atom. The summed E-state index contributed by atoms with van der Waals surface area (Å²) in [5.41, 5.74) is 3.34. The van der Waals surface area contributed by atoms with Crippen LogP contribution < -0.4 is 10.0 Å². The highest BCUT2D eigenvalue weighted by Gasteiger charge is 2.25. The van der Waals surface area contributed by atoms with E-state index in [0.717, 1.165) is 36.1 Å². The molecule has 0 fully saturated rings. The number of rotatable bonds is 6. The van der Waals surface area contributed by atoms with E-state index >= 15 is 0 Å². The van der Waals surface area contributed by atoms with E-state index in [4.69, 9.17) is 0 Å². The number of hydrogen-bond donors (Lipinski definition) is 2. The van der Waals surface area contributed by atoms with E-state index in [0.29, 0.717) is 5.56 Å². The van der Waals surface area contributed by atoms with Gasteiger partial charge in [-0.15, -0.1) is 0 Å². The number of nitrogens with one attached hydrogen (secondary N) is 2. The molecule has 2 aromatic carbocycles. The van der Waals surface area contributed by atoms with Gasteiger partial charge in [0, 0.05) is 30.4 Å². The Balaban J connectivity index is 1.48. The lowest BCUT2D eigenvalue weighted by Crippen LogP contribution is -2.31. The van der Waals surface area contributed by atoms with Crippen LogP contribution in [0.1, 0.15) is 46.1 Å². The van der Waals surface area contributed by atoms with E-state index in [1.807, 2.05) is 42.1 Å². The van der Waals surface area contributed by atoms with Crippen molar-refractivity contribution in [3.05, 3.63) is 83.2 Å². The zero-order valence-corrected chi connectivity index (χ0v) is 17.5. The Kier molecular flexibility index (Phi) is 5.69. The molecule has 3 aromatic rings. The normalized spacial score (nSPS) is 16.1. The Morgan fingerprint density at radius 1 is 1.17 bits per heavy atom. The van der Waals surface area contributed by atoms with Crippen molar-refractivity contribution in [2.75, 3.05) is 0 Å². The molecule has 0 bridgehead atoms. The van der Waals surface area contributed by atoms with E-state index < -0.39 is 10.0 Å². The molecule has 1 amide bonds. The number of sulfonamides is 1. The third kappa shape index (κ3) is 4.29. The van der Waals surface area contributed by atoms with Crippen molar-refractivity contribution in [2.24, 2.45) is 7.05 Å². The minimum Gasteiger partial charge on any atom is -0.345 e. The number of benzene rings is 2. The maximum absolute atomic E-state index is 12.8. The molecule has 1 heterocycles. The average molecular weight is 425 g/mol. The van der Waals surface area contributed by atoms with Gasteiger partial charge in [-0.25, -0.2) is 13.1 Å². The fourth-order valence-electron chi connectivity index (χ4n) is 3.76. The smallest absolute Gasteiger partial charge is 0.251 e. The molecule has 0 saturated carbocycles. The lowest BCUT2D eigenvalue weighted by molar-refractivity contribution is 0.0932. The predicted molar refractivity (Wildman–Crippen MR) is 113 cm³/mol. The number of carbonyl (C=O) groups excluding carboxylic acids is 1. The van der Waals surface area contributed by atoms with Crippen LogP contribution in [-0.4, -0.2) is 24.1 Å². The van der Waals surface area contributed by atoms with E-state index in [-0.39, 0.29) is 23.4 Å². The summed E-state index contributed by atoms with van der Waals surface area (Å²) in [5.74, 6) is -0.295. The lowest BCUT2D eigenvalue weighted by Gasteiger charge is -2.24. The van der Waals surface area contributed by atoms with Crippen LogP contribution in [0.5, 0.6) is 0 Å². The maximum Gasteiger partial charge on any atom is 0.251 e. The van der Waals surface area contributed by atoms with Gasteiger partial charge in [0.2, 0.25) is 10.0 Å². The molecule has 4 rings (SSSR count). The number of aromatic nitrogens is 2. The minimum absolute atomic E-state index is 0.0665. The van der Waals surface area contributed by atoms with Crippen molar-refractivity contribution in [2.45, 2.75) is 36.7 Å². The highest BCUT2D eigenvalue weighted by molar-refractivity contribution is 7.89. The quantitative estimate of drug-likeness (QED) is 0.636. The largest absolute Gasteiger partial charge is 0.345 e. The van der Waals surface area contributed by atoms with Crippen molar-refractivity contribution >= 4 is 15.9 Å². The molecule has 1 aliphatic rings. The highest BCUT2D eigenvalue weighted by atomic mass is 32.2. The van der Waals surface area contributed by atoms with Crippen LogP contribution in [0.4, 0.5) is 0 Å². The molecule has 1 atom stereocenters. The van der Waals surface area contributed by atoms with Gasteiger partial charge in [-0.05, 0) is 43.0 Å². The number of nitrogens with zero attached hydrogens (tertiary/aromatic N) is 2. The molecule has 0 radical (unpaired) electrons. The standard InChI is InChI=1S/C22H24N4O3S/c1-26-21-12-6-11-20(19(21)15-23-26)25-22(27)17-9-5-10-18(13-17)30(28,29)24-14-16-7-3-2-4-8-16/h2-5,7-10,13,15,20,24H,6,11-12,14H2,1H3,(H,25,27). The first-order chi connectivity index (χ1) is 14.4. The summed E-state index contributed by atoms with van der Waals surface area (Å²) in [6.45, 7) is 0.186. The van der Waals surface area contributed by atoms with Crippen LogP contribution in [0, 0.1) is 0 Å². The summed E-state index contributed by atoms with van der Waals surface area (Å²) in [7, 11) is -1.83. The third-order valence-electron chi connectivity index (χ3n) is 5.40. The van der Waals surface area contributed by atoms with Crippen LogP contribution in [0.25, 0.3) is 0 Å². The second-order valence-electron chi connectivity index (χ2n) is 7.43. The van der Waals surface area contributed by atoms with Crippen molar-refractivity contribution in [1.82, 2.24) is 19.8 Å². The van der Waals surface area contributed by atoms with Gasteiger partial charge in [0.15, 0.2) is 0 Å². The van der Waals surface area contributed by atoms with Crippen LogP contribution >= 0.6 is 0 Å². The Hall–Kier alpha value is -2.97. The first kappa shape index (κ1) is 20.3. The third-order valence-corrected chi connectivity index (χ3v) is 6.80. The van der Waals surface area contributed by atoms with E-state index in [1.54, 1.807) is 18.3 Å². The molecule has 2 N–H and O–H groups in total. The first-order valence-corrected chi connectivity index (χ1v) is 11.4. The van der Waals surface area contributed by atoms with Crippen LogP contribution in [0.15, 0.2) is 65.7 Å². The zero-order chi connectivity index (χ0) is 21.1. The van der Waals surface area contributed by atoms with E-state index in [9.17, 15) is 13.2 Å². The first-order valence-electron chi connectivity index (χ1n) is 9.89. The van der Waals surface area contributed by atoms with Gasteiger partial charge in [-0.1, -0.05) is 36.4 Å². The second-order valence-corrected chi connectivity index (χ2v) is 9.19. The Bertz CT molecular complexity index is 1160.